The van der Waals surface area contributed by atoms with Crippen LogP contribution in [-0.2, 0) is 4.74 Å². The van der Waals surface area contributed by atoms with Crippen LogP contribution in [0.4, 0.5) is 0 Å². The van der Waals surface area contributed by atoms with Crippen LogP contribution in [0.5, 0.6) is 0 Å². The van der Waals surface area contributed by atoms with Gasteiger partial charge in [0.25, 0.3) is 0 Å². The summed E-state index contributed by atoms with van der Waals surface area (Å²) < 4.78 is 6.28. The summed E-state index contributed by atoms with van der Waals surface area (Å²) in [4.78, 5) is 1.12. The first kappa shape index (κ1) is 13.7. The first-order chi connectivity index (χ1) is 8.52. The smallest absolute Gasteiger partial charge is 0.143 e. The highest BCUT2D eigenvalue weighted by Crippen LogP contribution is 2.46. The predicted molar refractivity (Wildman–Crippen MR) is 80.5 cm³/mol. The van der Waals surface area contributed by atoms with Gasteiger partial charge in [-0.3, -0.25) is 0 Å². The fraction of sp³-hybridized carbons (Fsp3) is 0.500. The molecule has 0 spiro atoms. The third-order valence-corrected chi connectivity index (χ3v) is 4.64. The molecule has 0 amide bonds. The zero-order valence-corrected chi connectivity index (χ0v) is 12.5. The van der Waals surface area contributed by atoms with Gasteiger partial charge in [0.15, 0.2) is 0 Å². The minimum Gasteiger partial charge on any atom is -0.357 e. The van der Waals surface area contributed by atoms with Gasteiger partial charge < -0.3 is 4.74 Å². The van der Waals surface area contributed by atoms with E-state index in [0.29, 0.717) is 0 Å². The van der Waals surface area contributed by atoms with Gasteiger partial charge in [0.2, 0.25) is 0 Å². The van der Waals surface area contributed by atoms with Crippen LogP contribution in [0.3, 0.4) is 0 Å². The summed E-state index contributed by atoms with van der Waals surface area (Å²) in [5, 5.41) is 0. The van der Waals surface area contributed by atoms with Crippen LogP contribution in [0.2, 0.25) is 0 Å². The molecule has 0 aromatic carbocycles. The quantitative estimate of drug-likeness (QED) is 0.661. The van der Waals surface area contributed by atoms with Crippen molar-refractivity contribution < 1.29 is 4.74 Å². The van der Waals surface area contributed by atoms with E-state index >= 15 is 0 Å². The van der Waals surface area contributed by atoms with Crippen LogP contribution in [-0.4, -0.2) is 11.0 Å². The second-order valence-electron chi connectivity index (χ2n) is 5.25. The largest absolute Gasteiger partial charge is 0.357 e. The Morgan fingerprint density at radius 1 is 1.28 bits per heavy atom. The van der Waals surface area contributed by atoms with Crippen molar-refractivity contribution in [2.75, 3.05) is 0 Å². The molecule has 0 N–H and O–H groups in total. The third kappa shape index (κ3) is 2.99. The molecule has 1 nitrogen and oxygen atoms in total. The molecule has 0 aliphatic heterocycles. The lowest BCUT2D eigenvalue weighted by atomic mass is 9.98. The highest BCUT2D eigenvalue weighted by molar-refractivity contribution is 8.04. The average molecular weight is 262 g/mol. The highest BCUT2D eigenvalue weighted by atomic mass is 32.2. The summed E-state index contributed by atoms with van der Waals surface area (Å²) in [6.45, 7) is 8.56. The number of rotatable bonds is 4. The van der Waals surface area contributed by atoms with Crippen LogP contribution >= 0.6 is 11.8 Å². The molecule has 0 aromatic heterocycles. The van der Waals surface area contributed by atoms with Crippen molar-refractivity contribution in [3.05, 3.63) is 46.4 Å². The predicted octanol–water partition coefficient (Wildman–Crippen LogP) is 4.98. The van der Waals surface area contributed by atoms with Crippen molar-refractivity contribution in [1.29, 1.82) is 0 Å². The number of ether oxygens (including phenoxy) is 1. The molecule has 98 valence electrons. The average Bonchev–Trinajstić information content (AvgIpc) is 2.76. The number of hydrogen-bond donors (Lipinski definition) is 0. The number of thioether (sulfide) groups is 1. The maximum absolute atomic E-state index is 6.28. The van der Waals surface area contributed by atoms with E-state index in [9.17, 15) is 0 Å². The molecule has 1 unspecified atom stereocenters. The summed E-state index contributed by atoms with van der Waals surface area (Å²) >= 11 is 1.85. The summed E-state index contributed by atoms with van der Waals surface area (Å²) in [6.07, 6.45) is 13.4. The lowest BCUT2D eigenvalue weighted by Gasteiger charge is -2.37. The molecule has 18 heavy (non-hydrogen) atoms. The van der Waals surface area contributed by atoms with Crippen molar-refractivity contribution in [1.82, 2.24) is 0 Å². The topological polar surface area (TPSA) is 9.23 Å². The minimum absolute atomic E-state index is 0.214. The molecule has 1 atom stereocenters. The maximum atomic E-state index is 6.28. The van der Waals surface area contributed by atoms with Gasteiger partial charge in [0, 0.05) is 11.3 Å². The van der Waals surface area contributed by atoms with Crippen molar-refractivity contribution in [2.45, 2.75) is 51.6 Å². The van der Waals surface area contributed by atoms with Gasteiger partial charge in [-0.2, -0.15) is 0 Å². The molecule has 0 aromatic rings. The molecule has 2 rings (SSSR count). The van der Waals surface area contributed by atoms with Crippen molar-refractivity contribution in [3.8, 4) is 0 Å². The van der Waals surface area contributed by atoms with E-state index in [1.54, 1.807) is 0 Å². The zero-order valence-electron chi connectivity index (χ0n) is 11.7. The Bertz CT molecular complexity index is 440. The van der Waals surface area contributed by atoms with Gasteiger partial charge >= 0.3 is 0 Å². The molecule has 0 saturated carbocycles. The standard InChI is InChI=1S/C16H22OS/c1-12(2)17-16(18-15-7-5-6-8-15)10-9-13(3)11-14(16)4/h5,7-9,11-12H,6,10H2,1-4H3. The van der Waals surface area contributed by atoms with Gasteiger partial charge in [-0.15, -0.1) is 0 Å². The van der Waals surface area contributed by atoms with E-state index in [1.807, 2.05) is 11.8 Å². The van der Waals surface area contributed by atoms with E-state index < -0.39 is 0 Å². The van der Waals surface area contributed by atoms with Gasteiger partial charge in [-0.05, 0) is 39.7 Å². The Hall–Kier alpha value is -0.730. The van der Waals surface area contributed by atoms with Crippen LogP contribution < -0.4 is 0 Å². The number of allylic oxidation sites excluding steroid dienone is 5. The normalized spacial score (nSPS) is 27.3. The van der Waals surface area contributed by atoms with E-state index in [0.717, 1.165) is 12.8 Å². The van der Waals surface area contributed by atoms with Crippen LogP contribution in [0.25, 0.3) is 0 Å². The fourth-order valence-electron chi connectivity index (χ4n) is 2.34. The Kier molecular flexibility index (Phi) is 4.18. The summed E-state index contributed by atoms with van der Waals surface area (Å²) in [5.41, 5.74) is 2.66. The molecule has 0 radical (unpaired) electrons. The lowest BCUT2D eigenvalue weighted by molar-refractivity contribution is 0.00708. The molecule has 0 saturated heterocycles. The second kappa shape index (κ2) is 5.50. The Morgan fingerprint density at radius 3 is 2.61 bits per heavy atom. The maximum Gasteiger partial charge on any atom is 0.143 e. The first-order valence-electron chi connectivity index (χ1n) is 6.61. The van der Waals surface area contributed by atoms with E-state index in [1.165, 1.54) is 16.1 Å². The molecular weight excluding hydrogens is 240 g/mol. The molecule has 2 aliphatic carbocycles. The van der Waals surface area contributed by atoms with Crippen molar-refractivity contribution in [3.63, 3.8) is 0 Å². The molecule has 2 aliphatic rings. The van der Waals surface area contributed by atoms with Crippen molar-refractivity contribution >= 4 is 11.8 Å². The summed E-state index contributed by atoms with van der Waals surface area (Å²) in [7, 11) is 0. The van der Waals surface area contributed by atoms with E-state index in [2.05, 4.69) is 58.1 Å². The third-order valence-electron chi connectivity index (χ3n) is 3.18. The molecule has 0 fully saturated rings. The minimum atomic E-state index is -0.214. The van der Waals surface area contributed by atoms with Gasteiger partial charge in [-0.25, -0.2) is 0 Å². The van der Waals surface area contributed by atoms with Crippen molar-refractivity contribution in [2.24, 2.45) is 0 Å². The van der Waals surface area contributed by atoms with Crippen LogP contribution in [0.1, 0.15) is 40.5 Å². The Labute approximate surface area is 115 Å². The summed E-state index contributed by atoms with van der Waals surface area (Å²) in [6, 6.07) is 0. The molecule has 0 bridgehead atoms. The van der Waals surface area contributed by atoms with Crippen LogP contribution in [0, 0.1) is 0 Å². The number of hydrogen-bond acceptors (Lipinski definition) is 2. The Balaban J connectivity index is 2.24. The SMILES string of the molecule is CC1=CCC(OC(C)C)(SC2=CCC=C2)C(C)=C1. The summed E-state index contributed by atoms with van der Waals surface area (Å²) in [5.74, 6) is 0. The van der Waals surface area contributed by atoms with E-state index in [4.69, 9.17) is 4.74 Å². The Morgan fingerprint density at radius 2 is 2.06 bits per heavy atom. The molecule has 0 heterocycles. The molecule has 2 heteroatoms. The van der Waals surface area contributed by atoms with Gasteiger partial charge in [0.1, 0.15) is 4.93 Å². The lowest BCUT2D eigenvalue weighted by Crippen LogP contribution is -2.34. The van der Waals surface area contributed by atoms with Crippen LogP contribution in [0.15, 0.2) is 46.4 Å². The monoisotopic (exact) mass is 262 g/mol. The molecular formula is C16H22OS. The first-order valence-corrected chi connectivity index (χ1v) is 7.42. The van der Waals surface area contributed by atoms with Gasteiger partial charge in [-0.1, -0.05) is 47.7 Å². The van der Waals surface area contributed by atoms with E-state index in [-0.39, 0.29) is 11.0 Å². The zero-order chi connectivity index (χ0) is 13.2. The highest BCUT2D eigenvalue weighted by Gasteiger charge is 2.36. The van der Waals surface area contributed by atoms with Gasteiger partial charge in [0.05, 0.1) is 6.10 Å². The fourth-order valence-corrected chi connectivity index (χ4v) is 3.69. The second-order valence-corrected chi connectivity index (χ2v) is 6.58.